The van der Waals surface area contributed by atoms with Crippen LogP contribution in [0.25, 0.3) is 0 Å². The lowest BCUT2D eigenvalue weighted by Crippen LogP contribution is -2.45. The Hall–Kier alpha value is -1.92. The third-order valence-electron chi connectivity index (χ3n) is 4.31. The Morgan fingerprint density at radius 1 is 1.12 bits per heavy atom. The molecule has 8 heteroatoms. The number of hydrogen-bond donors (Lipinski definition) is 1. The highest BCUT2D eigenvalue weighted by Crippen LogP contribution is 2.41. The van der Waals surface area contributed by atoms with Crippen LogP contribution in [0.3, 0.4) is 0 Å². The van der Waals surface area contributed by atoms with E-state index in [0.717, 1.165) is 18.1 Å². The zero-order valence-electron chi connectivity index (χ0n) is 13.3. The number of benzene rings is 2. The molecule has 0 spiro atoms. The van der Waals surface area contributed by atoms with E-state index in [1.807, 2.05) is 0 Å². The summed E-state index contributed by atoms with van der Waals surface area (Å²) in [6, 6.07) is 10.2. The summed E-state index contributed by atoms with van der Waals surface area (Å²) in [5.41, 5.74) is 0.685. The number of hydrogen-bond acceptors (Lipinski definition) is 2. The molecule has 138 valence electrons. The van der Waals surface area contributed by atoms with Gasteiger partial charge in [0.25, 0.3) is 5.91 Å². The van der Waals surface area contributed by atoms with E-state index in [2.05, 4.69) is 10.1 Å². The molecule has 2 atom stereocenters. The molecule has 3 rings (SSSR count). The lowest BCUT2D eigenvalue weighted by atomic mass is 9.75. The van der Waals surface area contributed by atoms with Gasteiger partial charge in [-0.3, -0.25) is 4.79 Å². The molecule has 0 radical (unpaired) electrons. The van der Waals surface area contributed by atoms with Gasteiger partial charge in [0.2, 0.25) is 0 Å². The van der Waals surface area contributed by atoms with Crippen molar-refractivity contribution in [2.24, 2.45) is 0 Å². The van der Waals surface area contributed by atoms with Crippen LogP contribution >= 0.6 is 23.2 Å². The minimum atomic E-state index is -4.87. The molecular formula is C18H14Cl2F3NO2. The van der Waals surface area contributed by atoms with E-state index in [-0.39, 0.29) is 17.5 Å². The summed E-state index contributed by atoms with van der Waals surface area (Å²) in [5, 5.41) is 3.78. The highest BCUT2D eigenvalue weighted by atomic mass is 35.5. The van der Waals surface area contributed by atoms with Crippen LogP contribution in [0.4, 0.5) is 13.2 Å². The number of halogens is 5. The van der Waals surface area contributed by atoms with Gasteiger partial charge in [0.05, 0.1) is 5.56 Å². The Labute approximate surface area is 158 Å². The minimum Gasteiger partial charge on any atom is -0.405 e. The molecule has 2 aromatic rings. The fraction of sp³-hybridized carbons (Fsp3) is 0.278. The van der Waals surface area contributed by atoms with Crippen LogP contribution in [0.2, 0.25) is 10.0 Å². The van der Waals surface area contributed by atoms with Crippen LogP contribution in [0.1, 0.15) is 34.7 Å². The lowest BCUT2D eigenvalue weighted by Gasteiger charge is -2.38. The van der Waals surface area contributed by atoms with Crippen molar-refractivity contribution < 1.29 is 22.7 Å². The van der Waals surface area contributed by atoms with Crippen molar-refractivity contribution in [2.45, 2.75) is 31.2 Å². The molecule has 2 aromatic carbocycles. The van der Waals surface area contributed by atoms with Gasteiger partial charge in [-0.1, -0.05) is 41.4 Å². The molecule has 0 heterocycles. The number of carbonyl (C=O) groups excluding carboxylic acids is 1. The predicted molar refractivity (Wildman–Crippen MR) is 92.8 cm³/mol. The Balaban J connectivity index is 1.75. The van der Waals surface area contributed by atoms with E-state index in [9.17, 15) is 18.0 Å². The van der Waals surface area contributed by atoms with Crippen molar-refractivity contribution >= 4 is 29.1 Å². The van der Waals surface area contributed by atoms with E-state index in [0.29, 0.717) is 16.5 Å². The maximum atomic E-state index is 12.5. The molecule has 1 amide bonds. The van der Waals surface area contributed by atoms with Gasteiger partial charge < -0.3 is 10.1 Å². The quantitative estimate of drug-likeness (QED) is 0.724. The lowest BCUT2D eigenvalue weighted by molar-refractivity contribution is -0.274. The second-order valence-corrected chi connectivity index (χ2v) is 6.82. The Kier molecular flexibility index (Phi) is 5.34. The van der Waals surface area contributed by atoms with Gasteiger partial charge in [0.1, 0.15) is 5.75 Å². The number of nitrogens with one attached hydrogen (secondary N) is 1. The number of alkyl halides is 3. The van der Waals surface area contributed by atoms with Crippen molar-refractivity contribution in [3.05, 3.63) is 63.6 Å². The summed E-state index contributed by atoms with van der Waals surface area (Å²) < 4.78 is 41.5. The van der Waals surface area contributed by atoms with Crippen LogP contribution in [-0.2, 0) is 0 Å². The summed E-state index contributed by atoms with van der Waals surface area (Å²) in [7, 11) is 0. The first kappa shape index (κ1) is 18.9. The van der Waals surface area contributed by atoms with Gasteiger partial charge in [-0.25, -0.2) is 0 Å². The van der Waals surface area contributed by atoms with Crippen molar-refractivity contribution in [1.82, 2.24) is 5.32 Å². The summed E-state index contributed by atoms with van der Waals surface area (Å²) in [5.74, 6) is -1.16. The van der Waals surface area contributed by atoms with Crippen LogP contribution in [0.5, 0.6) is 5.75 Å². The number of carbonyl (C=O) groups is 1. The summed E-state index contributed by atoms with van der Waals surface area (Å²) >= 11 is 12.1. The summed E-state index contributed by atoms with van der Waals surface area (Å²) in [6.07, 6.45) is -3.35. The van der Waals surface area contributed by atoms with Crippen molar-refractivity contribution in [3.8, 4) is 5.75 Å². The van der Waals surface area contributed by atoms with Crippen LogP contribution < -0.4 is 10.1 Å². The number of ether oxygens (including phenoxy) is 1. The first-order valence-electron chi connectivity index (χ1n) is 7.85. The predicted octanol–water partition coefficient (Wildman–Crippen LogP) is 5.57. The Morgan fingerprint density at radius 2 is 1.85 bits per heavy atom. The van der Waals surface area contributed by atoms with Crippen molar-refractivity contribution in [2.75, 3.05) is 0 Å². The van der Waals surface area contributed by atoms with E-state index >= 15 is 0 Å². The molecule has 1 saturated carbocycles. The first-order chi connectivity index (χ1) is 12.2. The van der Waals surface area contributed by atoms with Crippen LogP contribution in [0.15, 0.2) is 42.5 Å². The third kappa shape index (κ3) is 4.24. The minimum absolute atomic E-state index is 0.0144. The molecule has 26 heavy (non-hydrogen) atoms. The molecule has 1 N–H and O–H groups in total. The van der Waals surface area contributed by atoms with Gasteiger partial charge in [0, 0.05) is 22.0 Å². The van der Waals surface area contributed by atoms with Crippen molar-refractivity contribution in [3.63, 3.8) is 0 Å². The molecule has 1 aliphatic rings. The molecule has 0 aliphatic heterocycles. The highest BCUT2D eigenvalue weighted by molar-refractivity contribution is 6.35. The highest BCUT2D eigenvalue weighted by Gasteiger charge is 2.36. The third-order valence-corrected chi connectivity index (χ3v) is 4.87. The van der Waals surface area contributed by atoms with E-state index in [1.165, 1.54) is 18.2 Å². The largest absolute Gasteiger partial charge is 0.573 e. The fourth-order valence-electron chi connectivity index (χ4n) is 2.96. The maximum Gasteiger partial charge on any atom is 0.573 e. The SMILES string of the molecule is O=C(NC1CCC1c1ccc(Cl)cc1Cl)c1ccccc1OC(F)(F)F. The topological polar surface area (TPSA) is 38.3 Å². The van der Waals surface area contributed by atoms with Gasteiger partial charge in [-0.15, -0.1) is 13.2 Å². The Morgan fingerprint density at radius 3 is 2.46 bits per heavy atom. The van der Waals surface area contributed by atoms with Crippen LogP contribution in [0, 0.1) is 0 Å². The fourth-order valence-corrected chi connectivity index (χ4v) is 3.51. The normalized spacial score (nSPS) is 19.6. The summed E-state index contributed by atoms with van der Waals surface area (Å²) in [4.78, 5) is 12.5. The van der Waals surface area contributed by atoms with Gasteiger partial charge in [-0.2, -0.15) is 0 Å². The average Bonchev–Trinajstić information content (AvgIpc) is 2.53. The molecule has 0 aromatic heterocycles. The molecule has 3 nitrogen and oxygen atoms in total. The monoisotopic (exact) mass is 403 g/mol. The standard InChI is InChI=1S/C18H14Cl2F3NO2/c19-10-5-6-11(14(20)9-10)12-7-8-15(12)24-17(25)13-3-1-2-4-16(13)26-18(21,22)23/h1-6,9,12,15H,7-8H2,(H,24,25). The van der Waals surface area contributed by atoms with E-state index < -0.39 is 18.0 Å². The number of rotatable bonds is 4. The van der Waals surface area contributed by atoms with Crippen molar-refractivity contribution in [1.29, 1.82) is 0 Å². The average molecular weight is 404 g/mol. The molecule has 2 unspecified atom stereocenters. The van der Waals surface area contributed by atoms with Gasteiger partial charge in [0.15, 0.2) is 0 Å². The summed E-state index contributed by atoms with van der Waals surface area (Å²) in [6.45, 7) is 0. The number of amides is 1. The zero-order chi connectivity index (χ0) is 18.9. The Bertz CT molecular complexity index is 826. The molecule has 0 bridgehead atoms. The number of para-hydroxylation sites is 1. The second kappa shape index (κ2) is 7.37. The molecular weight excluding hydrogens is 390 g/mol. The zero-order valence-corrected chi connectivity index (χ0v) is 14.8. The molecule has 1 aliphatic carbocycles. The van der Waals surface area contributed by atoms with Gasteiger partial charge in [-0.05, 0) is 42.7 Å². The smallest absolute Gasteiger partial charge is 0.405 e. The van der Waals surface area contributed by atoms with E-state index in [4.69, 9.17) is 23.2 Å². The molecule has 1 fully saturated rings. The van der Waals surface area contributed by atoms with E-state index in [1.54, 1.807) is 18.2 Å². The van der Waals surface area contributed by atoms with Crippen LogP contribution in [-0.4, -0.2) is 18.3 Å². The molecule has 0 saturated heterocycles. The second-order valence-electron chi connectivity index (χ2n) is 5.97. The maximum absolute atomic E-state index is 12.5. The van der Waals surface area contributed by atoms with Gasteiger partial charge >= 0.3 is 6.36 Å². The first-order valence-corrected chi connectivity index (χ1v) is 8.61.